The second-order valence-electron chi connectivity index (χ2n) is 11.6. The molecular weight excluding hydrogens is 607 g/mol. The van der Waals surface area contributed by atoms with Gasteiger partial charge in [0, 0.05) is 54.7 Å². The van der Waals surface area contributed by atoms with Crippen molar-refractivity contribution in [2.24, 2.45) is 0 Å². The number of aldehydes is 1. The van der Waals surface area contributed by atoms with Crippen LogP contribution in [0.5, 0.6) is 0 Å². The topological polar surface area (TPSA) is 141 Å². The first-order valence-electron chi connectivity index (χ1n) is 15.5. The molecule has 0 fully saturated rings. The first-order chi connectivity index (χ1) is 23.4. The van der Waals surface area contributed by atoms with E-state index in [1.54, 1.807) is 19.3 Å². The molecule has 0 radical (unpaired) electrons. The molecule has 3 aromatic carbocycles. The minimum atomic E-state index is -0.681. The van der Waals surface area contributed by atoms with Crippen LogP contribution in [0, 0.1) is 5.82 Å². The summed E-state index contributed by atoms with van der Waals surface area (Å²) < 4.78 is 14.8. The smallest absolute Gasteiger partial charge is 0.211 e. The van der Waals surface area contributed by atoms with Gasteiger partial charge in [0.25, 0.3) is 0 Å². The molecule has 4 aromatic heterocycles. The number of imidazole rings is 1. The Bertz CT molecular complexity index is 2260. The number of fused-ring (bicyclic) bond motifs is 2. The number of hydrogen-bond donors (Lipinski definition) is 4. The van der Waals surface area contributed by atoms with E-state index >= 15 is 0 Å². The lowest BCUT2D eigenvalue weighted by molar-refractivity contribution is -0.131. The van der Waals surface area contributed by atoms with Gasteiger partial charge in [-0.1, -0.05) is 36.4 Å². The number of halogens is 1. The number of aromatic nitrogens is 6. The van der Waals surface area contributed by atoms with Gasteiger partial charge >= 0.3 is 0 Å². The van der Waals surface area contributed by atoms with Crippen LogP contribution in [-0.2, 0) is 29.2 Å². The van der Waals surface area contributed by atoms with Gasteiger partial charge in [0.05, 0.1) is 28.8 Å². The van der Waals surface area contributed by atoms with Gasteiger partial charge in [-0.15, -0.1) is 0 Å². The maximum absolute atomic E-state index is 14.8. The third kappa shape index (κ3) is 6.50. The molecule has 1 unspecified atom stereocenters. The summed E-state index contributed by atoms with van der Waals surface area (Å²) in [6.07, 6.45) is 7.32. The largest absolute Gasteiger partial charge is 0.335 e. The molecule has 1 atom stereocenters. The molecule has 0 saturated heterocycles. The van der Waals surface area contributed by atoms with Gasteiger partial charge in [0.1, 0.15) is 11.5 Å². The third-order valence-electron chi connectivity index (χ3n) is 8.23. The molecule has 0 amide bonds. The normalized spacial score (nSPS) is 12.0. The van der Waals surface area contributed by atoms with E-state index in [1.165, 1.54) is 17.7 Å². The van der Waals surface area contributed by atoms with Crippen LogP contribution in [0.15, 0.2) is 97.6 Å². The lowest BCUT2D eigenvalue weighted by Crippen LogP contribution is -2.34. The van der Waals surface area contributed by atoms with Crippen molar-refractivity contribution < 1.29 is 14.0 Å². The van der Waals surface area contributed by atoms with Crippen LogP contribution in [0.1, 0.15) is 23.6 Å². The molecule has 11 heteroatoms. The number of carbonyl (C=O) groups is 2. The molecule has 0 spiro atoms. The number of hydrogen-bond acceptors (Lipinski definition) is 8. The average molecular weight is 639 g/mol. The van der Waals surface area contributed by atoms with Gasteiger partial charge in [0.15, 0.2) is 12.1 Å². The van der Waals surface area contributed by atoms with Gasteiger partial charge in [-0.05, 0) is 71.1 Å². The Kier molecular flexibility index (Phi) is 8.61. The van der Waals surface area contributed by atoms with E-state index in [0.717, 1.165) is 34.1 Å². The van der Waals surface area contributed by atoms with E-state index in [4.69, 9.17) is 4.98 Å². The van der Waals surface area contributed by atoms with Crippen molar-refractivity contribution in [2.45, 2.75) is 32.6 Å². The number of ketones is 1. The van der Waals surface area contributed by atoms with Crippen molar-refractivity contribution in [3.63, 3.8) is 0 Å². The molecule has 48 heavy (non-hydrogen) atoms. The zero-order chi connectivity index (χ0) is 33.0. The second-order valence-corrected chi connectivity index (χ2v) is 11.6. The number of nitrogens with one attached hydrogen (secondary N) is 4. The summed E-state index contributed by atoms with van der Waals surface area (Å²) in [7, 11) is 0. The van der Waals surface area contributed by atoms with Crippen LogP contribution in [0.2, 0.25) is 0 Å². The first kappa shape index (κ1) is 30.7. The van der Waals surface area contributed by atoms with E-state index in [-0.39, 0.29) is 12.8 Å². The molecule has 0 aliphatic carbocycles. The van der Waals surface area contributed by atoms with Crippen LogP contribution in [0.25, 0.3) is 55.7 Å². The number of rotatable bonds is 12. The van der Waals surface area contributed by atoms with Crippen molar-refractivity contribution >= 4 is 34.0 Å². The van der Waals surface area contributed by atoms with Crippen LogP contribution in [-0.4, -0.2) is 48.2 Å². The highest BCUT2D eigenvalue weighted by atomic mass is 19.1. The Labute approximate surface area is 274 Å². The summed E-state index contributed by atoms with van der Waals surface area (Å²) in [6, 6.07) is 22.4. The Hall–Kier alpha value is -5.91. The van der Waals surface area contributed by atoms with E-state index in [9.17, 15) is 14.0 Å². The number of nitrogens with zero attached hydrogens (tertiary/aromatic N) is 4. The molecule has 0 aliphatic heterocycles. The first-order valence-corrected chi connectivity index (χ1v) is 15.5. The van der Waals surface area contributed by atoms with Gasteiger partial charge in [0.2, 0.25) is 5.78 Å². The maximum atomic E-state index is 14.8. The molecule has 0 saturated carbocycles. The summed E-state index contributed by atoms with van der Waals surface area (Å²) in [5.41, 5.74) is 8.88. The minimum Gasteiger partial charge on any atom is -0.335 e. The molecule has 0 aliphatic rings. The highest BCUT2D eigenvalue weighted by Gasteiger charge is 2.18. The van der Waals surface area contributed by atoms with Crippen LogP contribution >= 0.6 is 0 Å². The summed E-state index contributed by atoms with van der Waals surface area (Å²) >= 11 is 0. The monoisotopic (exact) mass is 638 g/mol. The molecular formula is C37H31FN8O2. The van der Waals surface area contributed by atoms with Gasteiger partial charge in [-0.3, -0.25) is 24.7 Å². The number of benzene rings is 3. The number of Topliss-reactive ketones (excluding diaryl/α,β-unsaturated/α-hetero) is 1. The van der Waals surface area contributed by atoms with E-state index < -0.39 is 17.6 Å². The molecule has 7 rings (SSSR count). The highest BCUT2D eigenvalue weighted by Crippen LogP contribution is 2.33. The Morgan fingerprint density at radius 1 is 0.833 bits per heavy atom. The Morgan fingerprint density at radius 3 is 2.50 bits per heavy atom. The molecule has 238 valence electrons. The van der Waals surface area contributed by atoms with Gasteiger partial charge in [-0.2, -0.15) is 5.10 Å². The quantitative estimate of drug-likeness (QED) is 0.0957. The van der Waals surface area contributed by atoms with E-state index in [1.807, 2.05) is 48.8 Å². The predicted octanol–water partition coefficient (Wildman–Crippen LogP) is 5.91. The van der Waals surface area contributed by atoms with Crippen molar-refractivity contribution in [2.75, 3.05) is 0 Å². The number of aromatic amines is 2. The van der Waals surface area contributed by atoms with Crippen molar-refractivity contribution in [3.05, 3.63) is 120 Å². The Morgan fingerprint density at radius 2 is 1.65 bits per heavy atom. The zero-order valence-corrected chi connectivity index (χ0v) is 26.0. The van der Waals surface area contributed by atoms with Gasteiger partial charge in [-0.25, -0.2) is 9.37 Å². The number of H-pyrrole nitrogens is 2. The minimum absolute atomic E-state index is 0.199. The maximum Gasteiger partial charge on any atom is 0.211 e. The van der Waals surface area contributed by atoms with E-state index in [2.05, 4.69) is 60.0 Å². The summed E-state index contributed by atoms with van der Waals surface area (Å²) in [5.74, 6) is -0.471. The number of carbonyl (C=O) groups excluding carboxylic acids is 2. The lowest BCUT2D eigenvalue weighted by Gasteiger charge is -2.11. The van der Waals surface area contributed by atoms with Crippen LogP contribution < -0.4 is 10.6 Å². The van der Waals surface area contributed by atoms with Crippen molar-refractivity contribution in [1.82, 2.24) is 40.8 Å². The van der Waals surface area contributed by atoms with Crippen LogP contribution in [0.3, 0.4) is 0 Å². The highest BCUT2D eigenvalue weighted by molar-refractivity contribution is 6.27. The van der Waals surface area contributed by atoms with Crippen LogP contribution in [0.4, 0.5) is 4.39 Å². The standard InChI is InChI=1S/C37H31FN8O2/c1-22(34(48)21-47)42-17-24-9-27(12-29(38)11-24)31-19-41-20-33-35(31)44-37(43-33)36-30-13-26(7-8-32(30)45-46-36)28-10-25(16-40-18-28)15-39-14-23-5-3-2-4-6-23/h2-13,16,18-22,39,42H,14-15,17H2,1H3,(H,43,44)(H,45,46). The molecule has 0 bridgehead atoms. The Balaban J connectivity index is 1.16. The van der Waals surface area contributed by atoms with Crippen molar-refractivity contribution in [3.8, 4) is 33.8 Å². The van der Waals surface area contributed by atoms with E-state index in [0.29, 0.717) is 45.8 Å². The summed E-state index contributed by atoms with van der Waals surface area (Å²) in [6.45, 7) is 3.25. The fourth-order valence-corrected chi connectivity index (χ4v) is 5.70. The SMILES string of the molecule is CC(NCc1cc(F)cc(-c2cncc3[nH]c(-c4n[nH]c5ccc(-c6cncc(CNCc7ccccc7)c6)cc45)nc23)c1)C(=O)C=O. The fourth-order valence-electron chi connectivity index (χ4n) is 5.70. The molecule has 4 N–H and O–H groups in total. The second kappa shape index (κ2) is 13.4. The zero-order valence-electron chi connectivity index (χ0n) is 26.0. The average Bonchev–Trinajstić information content (AvgIpc) is 3.74. The summed E-state index contributed by atoms with van der Waals surface area (Å²) in [5, 5.41) is 15.0. The van der Waals surface area contributed by atoms with Gasteiger partial charge < -0.3 is 15.6 Å². The number of pyridine rings is 2. The molecule has 10 nitrogen and oxygen atoms in total. The third-order valence-corrected chi connectivity index (χ3v) is 8.23. The molecule has 7 aromatic rings. The lowest BCUT2D eigenvalue weighted by atomic mass is 10.0. The summed E-state index contributed by atoms with van der Waals surface area (Å²) in [4.78, 5) is 39.6. The van der Waals surface area contributed by atoms with Crippen molar-refractivity contribution in [1.29, 1.82) is 0 Å². The fraction of sp³-hybridized carbons (Fsp3) is 0.135. The predicted molar refractivity (Wildman–Crippen MR) is 182 cm³/mol. The molecule has 4 heterocycles.